The number of hydrogen-bond donors (Lipinski definition) is 1. The van der Waals surface area contributed by atoms with E-state index < -0.39 is 10.0 Å². The molecule has 0 bridgehead atoms. The third-order valence-corrected chi connectivity index (χ3v) is 4.79. The summed E-state index contributed by atoms with van der Waals surface area (Å²) in [6.07, 6.45) is 2.97. The van der Waals surface area contributed by atoms with Crippen molar-refractivity contribution in [3.8, 4) is 0 Å². The predicted molar refractivity (Wildman–Crippen MR) is 68.0 cm³/mol. The number of anilines is 1. The first kappa shape index (κ1) is 13.9. The second-order valence-corrected chi connectivity index (χ2v) is 5.91. The molecule has 0 spiro atoms. The van der Waals surface area contributed by atoms with Crippen molar-refractivity contribution in [1.82, 2.24) is 9.29 Å². The van der Waals surface area contributed by atoms with Gasteiger partial charge in [0.05, 0.1) is 4.90 Å². The number of pyridine rings is 1. The van der Waals surface area contributed by atoms with Crippen LogP contribution in [0.1, 0.15) is 26.7 Å². The van der Waals surface area contributed by atoms with Crippen LogP contribution in [-0.4, -0.2) is 30.8 Å². The van der Waals surface area contributed by atoms with Crippen LogP contribution >= 0.6 is 0 Å². The molecule has 0 radical (unpaired) electrons. The minimum atomic E-state index is -3.47. The number of sulfonamides is 1. The van der Waals surface area contributed by atoms with Crippen molar-refractivity contribution in [1.29, 1.82) is 0 Å². The van der Waals surface area contributed by atoms with E-state index in [2.05, 4.69) is 4.98 Å². The molecule has 1 heterocycles. The largest absolute Gasteiger partial charge is 0.384 e. The van der Waals surface area contributed by atoms with E-state index in [-0.39, 0.29) is 16.8 Å². The maximum Gasteiger partial charge on any atom is 0.243 e. The zero-order valence-corrected chi connectivity index (χ0v) is 11.2. The van der Waals surface area contributed by atoms with Crippen molar-refractivity contribution < 1.29 is 8.42 Å². The fourth-order valence-electron chi connectivity index (χ4n) is 1.75. The van der Waals surface area contributed by atoms with E-state index in [1.54, 1.807) is 7.05 Å². The van der Waals surface area contributed by atoms with Gasteiger partial charge in [0.2, 0.25) is 10.0 Å². The number of rotatable bonds is 5. The molecule has 0 amide bonds. The maximum absolute atomic E-state index is 12.3. The molecule has 2 N–H and O–H groups in total. The summed E-state index contributed by atoms with van der Waals surface area (Å²) in [5.41, 5.74) is 5.50. The lowest BCUT2D eigenvalue weighted by Crippen LogP contribution is -2.36. The highest BCUT2D eigenvalue weighted by atomic mass is 32.2. The van der Waals surface area contributed by atoms with Gasteiger partial charge in [-0.2, -0.15) is 4.31 Å². The van der Waals surface area contributed by atoms with Crippen LogP contribution in [0.25, 0.3) is 0 Å². The Balaban J connectivity index is 3.11. The van der Waals surface area contributed by atoms with Gasteiger partial charge in [-0.1, -0.05) is 13.8 Å². The summed E-state index contributed by atoms with van der Waals surface area (Å²) < 4.78 is 26.0. The van der Waals surface area contributed by atoms with Crippen LogP contribution in [-0.2, 0) is 10.0 Å². The summed E-state index contributed by atoms with van der Waals surface area (Å²) >= 11 is 0. The molecular weight excluding hydrogens is 238 g/mol. The van der Waals surface area contributed by atoms with Gasteiger partial charge in [-0.05, 0) is 18.9 Å². The lowest BCUT2D eigenvalue weighted by Gasteiger charge is -2.25. The molecular formula is C11H19N3O2S. The molecule has 5 nitrogen and oxygen atoms in total. The second kappa shape index (κ2) is 5.46. The van der Waals surface area contributed by atoms with Gasteiger partial charge in [0, 0.05) is 25.4 Å². The lowest BCUT2D eigenvalue weighted by molar-refractivity contribution is 0.349. The van der Waals surface area contributed by atoms with Crippen molar-refractivity contribution in [2.75, 3.05) is 12.8 Å². The van der Waals surface area contributed by atoms with Crippen LogP contribution in [0.2, 0.25) is 0 Å². The number of hydrogen-bond acceptors (Lipinski definition) is 4. The molecule has 0 aliphatic heterocycles. The van der Waals surface area contributed by atoms with Crippen LogP contribution in [0, 0.1) is 0 Å². The summed E-state index contributed by atoms with van der Waals surface area (Å²) in [6.45, 7) is 3.95. The molecule has 0 aliphatic carbocycles. The van der Waals surface area contributed by atoms with Crippen molar-refractivity contribution in [3.05, 3.63) is 18.3 Å². The van der Waals surface area contributed by atoms with Crippen molar-refractivity contribution in [2.45, 2.75) is 37.6 Å². The van der Waals surface area contributed by atoms with Gasteiger partial charge in [-0.15, -0.1) is 0 Å². The predicted octanol–water partition coefficient (Wildman–Crippen LogP) is 1.47. The van der Waals surface area contributed by atoms with Crippen LogP contribution < -0.4 is 5.73 Å². The van der Waals surface area contributed by atoms with E-state index in [1.807, 2.05) is 13.8 Å². The third-order valence-electron chi connectivity index (χ3n) is 2.89. The summed E-state index contributed by atoms with van der Waals surface area (Å²) in [7, 11) is -1.87. The quantitative estimate of drug-likeness (QED) is 0.866. The SMILES string of the molecule is CCC(CC)N(C)S(=O)(=O)c1ccnc(N)c1. The average Bonchev–Trinajstić information content (AvgIpc) is 2.30. The highest BCUT2D eigenvalue weighted by Crippen LogP contribution is 2.19. The highest BCUT2D eigenvalue weighted by Gasteiger charge is 2.26. The monoisotopic (exact) mass is 257 g/mol. The Morgan fingerprint density at radius 2 is 2.00 bits per heavy atom. The molecule has 17 heavy (non-hydrogen) atoms. The zero-order chi connectivity index (χ0) is 13.1. The number of aromatic nitrogens is 1. The molecule has 1 aromatic rings. The first-order valence-corrected chi connectivity index (χ1v) is 7.07. The first-order valence-electron chi connectivity index (χ1n) is 5.63. The standard InChI is InChI=1S/C11H19N3O2S/c1-4-9(5-2)14(3)17(15,16)10-6-7-13-11(12)8-10/h6-9H,4-5H2,1-3H3,(H2,12,13). The average molecular weight is 257 g/mol. The Bertz CT molecular complexity index is 469. The minimum absolute atomic E-state index is 0.00869. The molecule has 0 saturated heterocycles. The van der Waals surface area contributed by atoms with E-state index in [1.165, 1.54) is 22.6 Å². The van der Waals surface area contributed by atoms with Crippen LogP contribution in [0.15, 0.2) is 23.2 Å². The van der Waals surface area contributed by atoms with E-state index in [0.29, 0.717) is 0 Å². The van der Waals surface area contributed by atoms with E-state index in [9.17, 15) is 8.42 Å². The van der Waals surface area contributed by atoms with Crippen LogP contribution in [0.5, 0.6) is 0 Å². The van der Waals surface area contributed by atoms with Gasteiger partial charge in [0.15, 0.2) is 0 Å². The fraction of sp³-hybridized carbons (Fsp3) is 0.545. The Morgan fingerprint density at radius 3 is 2.47 bits per heavy atom. The smallest absolute Gasteiger partial charge is 0.243 e. The van der Waals surface area contributed by atoms with Gasteiger partial charge < -0.3 is 5.73 Å². The fourth-order valence-corrected chi connectivity index (χ4v) is 3.28. The van der Waals surface area contributed by atoms with Crippen LogP contribution in [0.4, 0.5) is 5.82 Å². The molecule has 0 atom stereocenters. The highest BCUT2D eigenvalue weighted by molar-refractivity contribution is 7.89. The second-order valence-electron chi connectivity index (χ2n) is 3.91. The Hall–Kier alpha value is -1.14. The van der Waals surface area contributed by atoms with E-state index >= 15 is 0 Å². The van der Waals surface area contributed by atoms with Gasteiger partial charge in [0.25, 0.3) is 0 Å². The molecule has 0 unspecified atom stereocenters. The number of nitrogens with two attached hydrogens (primary N) is 1. The van der Waals surface area contributed by atoms with Gasteiger partial charge in [-0.25, -0.2) is 13.4 Å². The number of nitrogens with zero attached hydrogens (tertiary/aromatic N) is 2. The molecule has 0 fully saturated rings. The van der Waals surface area contributed by atoms with Crippen molar-refractivity contribution in [2.24, 2.45) is 0 Å². The van der Waals surface area contributed by atoms with Crippen molar-refractivity contribution in [3.63, 3.8) is 0 Å². The third kappa shape index (κ3) is 2.95. The summed E-state index contributed by atoms with van der Waals surface area (Å²) in [4.78, 5) is 3.99. The molecule has 0 saturated carbocycles. The maximum atomic E-state index is 12.3. The Labute approximate surface area is 103 Å². The van der Waals surface area contributed by atoms with E-state index in [4.69, 9.17) is 5.73 Å². The lowest BCUT2D eigenvalue weighted by atomic mass is 10.2. The molecule has 0 aromatic carbocycles. The minimum Gasteiger partial charge on any atom is -0.384 e. The Morgan fingerprint density at radius 1 is 1.41 bits per heavy atom. The van der Waals surface area contributed by atoms with Crippen LogP contribution in [0.3, 0.4) is 0 Å². The molecule has 1 aromatic heterocycles. The molecule has 96 valence electrons. The topological polar surface area (TPSA) is 76.3 Å². The summed E-state index contributed by atoms with van der Waals surface area (Å²) in [6, 6.07) is 2.85. The first-order chi connectivity index (χ1) is 7.93. The Kier molecular flexibility index (Phi) is 4.47. The van der Waals surface area contributed by atoms with Crippen molar-refractivity contribution >= 4 is 15.8 Å². The molecule has 1 rings (SSSR count). The van der Waals surface area contributed by atoms with Gasteiger partial charge >= 0.3 is 0 Å². The molecule has 6 heteroatoms. The zero-order valence-electron chi connectivity index (χ0n) is 10.4. The van der Waals surface area contributed by atoms with Gasteiger partial charge in [-0.3, -0.25) is 0 Å². The summed E-state index contributed by atoms with van der Waals surface area (Å²) in [5, 5.41) is 0. The molecule has 0 aliphatic rings. The van der Waals surface area contributed by atoms with Gasteiger partial charge in [0.1, 0.15) is 5.82 Å². The van der Waals surface area contributed by atoms with E-state index in [0.717, 1.165) is 12.8 Å². The number of nitrogen functional groups attached to an aromatic ring is 1. The normalized spacial score (nSPS) is 12.3. The summed E-state index contributed by atoms with van der Waals surface area (Å²) in [5.74, 6) is 0.212.